The maximum atomic E-state index is 6.00. The predicted molar refractivity (Wildman–Crippen MR) is 72.7 cm³/mol. The normalized spacial score (nSPS) is 17.2. The van der Waals surface area contributed by atoms with E-state index < -0.39 is 0 Å². The van der Waals surface area contributed by atoms with Gasteiger partial charge in [-0.05, 0) is 49.5 Å². The zero-order chi connectivity index (χ0) is 12.1. The topological polar surface area (TPSA) is 55.3 Å². The highest BCUT2D eigenvalue weighted by Crippen LogP contribution is 2.16. The molecule has 0 radical (unpaired) electrons. The molecule has 94 valence electrons. The van der Waals surface area contributed by atoms with Crippen LogP contribution >= 0.6 is 0 Å². The van der Waals surface area contributed by atoms with Crippen LogP contribution in [-0.4, -0.2) is 24.5 Å². The summed E-state index contributed by atoms with van der Waals surface area (Å²) < 4.78 is 0. The van der Waals surface area contributed by atoms with Crippen LogP contribution in [0.1, 0.15) is 30.4 Å². The number of nitrogens with two attached hydrogens (primary N) is 2. The fraction of sp³-hybridized carbons (Fsp3) is 0.571. The lowest BCUT2D eigenvalue weighted by Crippen LogP contribution is -2.31. The molecule has 1 aromatic rings. The average Bonchev–Trinajstić information content (AvgIpc) is 2.39. The molecular weight excluding hydrogens is 210 g/mol. The quantitative estimate of drug-likeness (QED) is 0.779. The Balaban J connectivity index is 1.92. The molecule has 0 bridgehead atoms. The fourth-order valence-electron chi connectivity index (χ4n) is 2.46. The number of hydrogen-bond acceptors (Lipinski definition) is 3. The second-order valence-corrected chi connectivity index (χ2v) is 4.89. The van der Waals surface area contributed by atoms with Crippen LogP contribution in [0.25, 0.3) is 0 Å². The molecule has 3 nitrogen and oxygen atoms in total. The van der Waals surface area contributed by atoms with Crippen molar-refractivity contribution in [3.8, 4) is 0 Å². The van der Waals surface area contributed by atoms with Crippen LogP contribution in [-0.2, 0) is 13.0 Å². The SMILES string of the molecule is NCc1ccc(N)c(CCN2CCCCC2)c1. The van der Waals surface area contributed by atoms with Crippen LogP contribution in [0, 0.1) is 0 Å². The van der Waals surface area contributed by atoms with Crippen molar-refractivity contribution < 1.29 is 0 Å². The molecule has 1 aliphatic heterocycles. The van der Waals surface area contributed by atoms with Gasteiger partial charge in [-0.15, -0.1) is 0 Å². The maximum Gasteiger partial charge on any atom is 0.0347 e. The number of hydrogen-bond donors (Lipinski definition) is 2. The van der Waals surface area contributed by atoms with Gasteiger partial charge in [0.1, 0.15) is 0 Å². The third-order valence-corrected chi connectivity index (χ3v) is 3.59. The van der Waals surface area contributed by atoms with Crippen LogP contribution in [0.3, 0.4) is 0 Å². The Morgan fingerprint density at radius 1 is 1.12 bits per heavy atom. The molecule has 0 atom stereocenters. The summed E-state index contributed by atoms with van der Waals surface area (Å²) in [4.78, 5) is 2.54. The summed E-state index contributed by atoms with van der Waals surface area (Å²) >= 11 is 0. The standard InChI is InChI=1S/C14H23N3/c15-11-12-4-5-14(16)13(10-12)6-9-17-7-2-1-3-8-17/h4-5,10H,1-3,6-9,11,15-16H2. The molecule has 0 aliphatic carbocycles. The van der Waals surface area contributed by atoms with Crippen LogP contribution < -0.4 is 11.5 Å². The number of nitrogens with zero attached hydrogens (tertiary/aromatic N) is 1. The Morgan fingerprint density at radius 3 is 2.59 bits per heavy atom. The van der Waals surface area contributed by atoms with E-state index in [9.17, 15) is 0 Å². The zero-order valence-corrected chi connectivity index (χ0v) is 10.5. The molecule has 0 spiro atoms. The van der Waals surface area contributed by atoms with Crippen molar-refractivity contribution in [3.05, 3.63) is 29.3 Å². The highest BCUT2D eigenvalue weighted by Gasteiger charge is 2.10. The molecule has 17 heavy (non-hydrogen) atoms. The largest absolute Gasteiger partial charge is 0.399 e. The predicted octanol–water partition coefficient (Wildman–Crippen LogP) is 1.76. The smallest absolute Gasteiger partial charge is 0.0347 e. The average molecular weight is 233 g/mol. The van der Waals surface area contributed by atoms with Gasteiger partial charge in [-0.3, -0.25) is 0 Å². The van der Waals surface area contributed by atoms with Gasteiger partial charge in [0.15, 0.2) is 0 Å². The summed E-state index contributed by atoms with van der Waals surface area (Å²) in [6, 6.07) is 6.15. The third kappa shape index (κ3) is 3.45. The van der Waals surface area contributed by atoms with E-state index in [4.69, 9.17) is 11.5 Å². The highest BCUT2D eigenvalue weighted by atomic mass is 15.1. The molecule has 1 fully saturated rings. The van der Waals surface area contributed by atoms with Gasteiger partial charge in [0.05, 0.1) is 0 Å². The Morgan fingerprint density at radius 2 is 1.88 bits per heavy atom. The second kappa shape index (κ2) is 6.03. The molecule has 0 unspecified atom stereocenters. The van der Waals surface area contributed by atoms with Crippen LogP contribution in [0.5, 0.6) is 0 Å². The minimum atomic E-state index is 0.594. The summed E-state index contributed by atoms with van der Waals surface area (Å²) in [6.45, 7) is 4.21. The molecule has 1 aliphatic rings. The Hall–Kier alpha value is -1.06. The van der Waals surface area contributed by atoms with E-state index in [0.717, 1.165) is 18.7 Å². The molecule has 0 amide bonds. The van der Waals surface area contributed by atoms with Gasteiger partial charge < -0.3 is 16.4 Å². The molecule has 1 aromatic carbocycles. The van der Waals surface area contributed by atoms with E-state index >= 15 is 0 Å². The molecule has 3 heteroatoms. The van der Waals surface area contributed by atoms with Gasteiger partial charge in [-0.1, -0.05) is 18.6 Å². The number of piperidine rings is 1. The summed E-state index contributed by atoms with van der Waals surface area (Å²) in [5.74, 6) is 0. The Kier molecular flexibility index (Phi) is 4.40. The maximum absolute atomic E-state index is 6.00. The number of anilines is 1. The van der Waals surface area contributed by atoms with Crippen LogP contribution in [0.2, 0.25) is 0 Å². The van der Waals surface area contributed by atoms with Gasteiger partial charge in [0, 0.05) is 18.8 Å². The summed E-state index contributed by atoms with van der Waals surface area (Å²) in [6.07, 6.45) is 5.12. The van der Waals surface area contributed by atoms with E-state index in [-0.39, 0.29) is 0 Å². The van der Waals surface area contributed by atoms with Gasteiger partial charge in [0.25, 0.3) is 0 Å². The molecule has 4 N–H and O–H groups in total. The molecule has 0 saturated carbocycles. The zero-order valence-electron chi connectivity index (χ0n) is 10.5. The van der Waals surface area contributed by atoms with E-state index in [2.05, 4.69) is 11.0 Å². The first-order valence-electron chi connectivity index (χ1n) is 6.59. The lowest BCUT2D eigenvalue weighted by Gasteiger charge is -2.26. The van der Waals surface area contributed by atoms with Crippen molar-refractivity contribution in [3.63, 3.8) is 0 Å². The van der Waals surface area contributed by atoms with E-state index in [1.165, 1.54) is 43.5 Å². The third-order valence-electron chi connectivity index (χ3n) is 3.59. The van der Waals surface area contributed by atoms with Gasteiger partial charge >= 0.3 is 0 Å². The summed E-state index contributed by atoms with van der Waals surface area (Å²) in [5.41, 5.74) is 15.0. The lowest BCUT2D eigenvalue weighted by molar-refractivity contribution is 0.231. The minimum Gasteiger partial charge on any atom is -0.399 e. The molecule has 1 heterocycles. The van der Waals surface area contributed by atoms with Gasteiger partial charge in [0.2, 0.25) is 0 Å². The van der Waals surface area contributed by atoms with Crippen molar-refractivity contribution in [2.45, 2.75) is 32.2 Å². The second-order valence-electron chi connectivity index (χ2n) is 4.89. The first-order chi connectivity index (χ1) is 8.29. The van der Waals surface area contributed by atoms with Crippen molar-refractivity contribution in [2.75, 3.05) is 25.4 Å². The van der Waals surface area contributed by atoms with Crippen molar-refractivity contribution in [2.24, 2.45) is 5.73 Å². The lowest BCUT2D eigenvalue weighted by atomic mass is 10.0. The summed E-state index contributed by atoms with van der Waals surface area (Å²) in [7, 11) is 0. The van der Waals surface area contributed by atoms with Gasteiger partial charge in [-0.25, -0.2) is 0 Å². The number of benzene rings is 1. The fourth-order valence-corrected chi connectivity index (χ4v) is 2.46. The van der Waals surface area contributed by atoms with E-state index in [1.54, 1.807) is 0 Å². The molecule has 0 aromatic heterocycles. The highest BCUT2D eigenvalue weighted by molar-refractivity contribution is 5.48. The van der Waals surface area contributed by atoms with E-state index in [0.29, 0.717) is 6.54 Å². The Labute approximate surface area is 104 Å². The van der Waals surface area contributed by atoms with Crippen LogP contribution in [0.4, 0.5) is 5.69 Å². The van der Waals surface area contributed by atoms with E-state index in [1.807, 2.05) is 12.1 Å². The minimum absolute atomic E-state index is 0.594. The molecular formula is C14H23N3. The molecule has 1 saturated heterocycles. The van der Waals surface area contributed by atoms with Crippen LogP contribution in [0.15, 0.2) is 18.2 Å². The first kappa shape index (κ1) is 12.4. The van der Waals surface area contributed by atoms with Gasteiger partial charge in [-0.2, -0.15) is 0 Å². The first-order valence-corrected chi connectivity index (χ1v) is 6.59. The van der Waals surface area contributed by atoms with Crippen molar-refractivity contribution in [1.29, 1.82) is 0 Å². The van der Waals surface area contributed by atoms with Crippen molar-refractivity contribution >= 4 is 5.69 Å². The summed E-state index contributed by atoms with van der Waals surface area (Å²) in [5, 5.41) is 0. The number of rotatable bonds is 4. The van der Waals surface area contributed by atoms with Crippen molar-refractivity contribution in [1.82, 2.24) is 4.90 Å². The number of nitrogen functional groups attached to an aromatic ring is 1. The number of likely N-dealkylation sites (tertiary alicyclic amines) is 1. The molecule has 2 rings (SSSR count). The monoisotopic (exact) mass is 233 g/mol. The Bertz CT molecular complexity index is 356.